The van der Waals surface area contributed by atoms with Crippen LogP contribution in [0.2, 0.25) is 0 Å². The van der Waals surface area contributed by atoms with Gasteiger partial charge >= 0.3 is 5.97 Å². The fraction of sp³-hybridized carbons (Fsp3) is 0.450. The summed E-state index contributed by atoms with van der Waals surface area (Å²) in [5.74, 6) is 0.662. The first kappa shape index (κ1) is 19.7. The minimum absolute atomic E-state index is 0.0759. The highest BCUT2D eigenvalue weighted by atomic mass is 32.1. The zero-order chi connectivity index (χ0) is 20.4. The number of methoxy groups -OCH3 is 1. The van der Waals surface area contributed by atoms with E-state index < -0.39 is 0 Å². The largest absolute Gasteiger partial charge is 0.497 e. The van der Waals surface area contributed by atoms with Crippen LogP contribution in [0.5, 0.6) is 11.6 Å². The van der Waals surface area contributed by atoms with Crippen LogP contribution in [0.1, 0.15) is 36.2 Å². The molecule has 29 heavy (non-hydrogen) atoms. The molecule has 1 fully saturated rings. The number of hydrogen-bond donors (Lipinski definition) is 1. The Morgan fingerprint density at radius 2 is 2.17 bits per heavy atom. The van der Waals surface area contributed by atoms with Crippen molar-refractivity contribution < 1.29 is 19.4 Å². The highest BCUT2D eigenvalue weighted by Gasteiger charge is 2.34. The third-order valence-corrected chi connectivity index (χ3v) is 6.40. The summed E-state index contributed by atoms with van der Waals surface area (Å²) >= 11 is 1.42. The van der Waals surface area contributed by atoms with Gasteiger partial charge in [0.05, 0.1) is 30.6 Å². The molecule has 3 heterocycles. The van der Waals surface area contributed by atoms with E-state index in [4.69, 9.17) is 9.47 Å². The molecule has 0 aliphatic carbocycles. The second-order valence-corrected chi connectivity index (χ2v) is 7.99. The number of thiazole rings is 1. The molecular weight excluding hydrogens is 392 g/mol. The van der Waals surface area contributed by atoms with Crippen molar-refractivity contribution >= 4 is 22.3 Å². The van der Waals surface area contributed by atoms with Gasteiger partial charge in [0.15, 0.2) is 0 Å². The van der Waals surface area contributed by atoms with Gasteiger partial charge in [-0.3, -0.25) is 9.69 Å². The Balaban J connectivity index is 1.67. The predicted molar refractivity (Wildman–Crippen MR) is 108 cm³/mol. The number of fused-ring (bicyclic) bond motifs is 1. The molecule has 1 aliphatic heterocycles. The van der Waals surface area contributed by atoms with Gasteiger partial charge < -0.3 is 14.6 Å². The number of carbonyl (C=O) groups excluding carboxylic acids is 1. The molecule has 0 bridgehead atoms. The normalized spacial score (nSPS) is 16.8. The minimum Gasteiger partial charge on any atom is -0.497 e. The zero-order valence-electron chi connectivity index (χ0n) is 16.4. The highest BCUT2D eigenvalue weighted by molar-refractivity contribution is 7.17. The number of likely N-dealkylation sites (tertiary alicyclic amines) is 1. The molecule has 1 aromatic carbocycles. The quantitative estimate of drug-likeness (QED) is 0.618. The third-order valence-electron chi connectivity index (χ3n) is 5.31. The van der Waals surface area contributed by atoms with Crippen molar-refractivity contribution in [3.8, 4) is 11.6 Å². The zero-order valence-corrected chi connectivity index (χ0v) is 17.3. The molecule has 0 radical (unpaired) electrons. The Labute approximate surface area is 172 Å². The summed E-state index contributed by atoms with van der Waals surface area (Å²) < 4.78 is 12.1. The van der Waals surface area contributed by atoms with Gasteiger partial charge in [0.2, 0.25) is 10.8 Å². The minimum atomic E-state index is -0.179. The second kappa shape index (κ2) is 8.38. The molecule has 154 valence electrons. The summed E-state index contributed by atoms with van der Waals surface area (Å²) in [5, 5.41) is 14.9. The number of carbonyl (C=O) groups is 1. The van der Waals surface area contributed by atoms with E-state index in [0.29, 0.717) is 11.6 Å². The summed E-state index contributed by atoms with van der Waals surface area (Å²) in [6, 6.07) is 7.68. The molecule has 1 atom stereocenters. The first-order valence-corrected chi connectivity index (χ1v) is 10.5. The van der Waals surface area contributed by atoms with Crippen LogP contribution in [0.3, 0.4) is 0 Å². The van der Waals surface area contributed by atoms with Gasteiger partial charge in [0.25, 0.3) is 0 Å². The van der Waals surface area contributed by atoms with Crippen molar-refractivity contribution in [2.75, 3.05) is 26.8 Å². The fourth-order valence-corrected chi connectivity index (χ4v) is 4.96. The molecule has 3 aromatic rings. The topological polar surface area (TPSA) is 89.2 Å². The molecule has 8 nitrogen and oxygen atoms in total. The van der Waals surface area contributed by atoms with E-state index in [2.05, 4.69) is 15.0 Å². The van der Waals surface area contributed by atoms with Crippen LogP contribution in [0.15, 0.2) is 30.6 Å². The van der Waals surface area contributed by atoms with E-state index in [1.807, 2.05) is 31.2 Å². The summed E-state index contributed by atoms with van der Waals surface area (Å²) in [6.45, 7) is 3.67. The van der Waals surface area contributed by atoms with Gasteiger partial charge in [0, 0.05) is 0 Å². The van der Waals surface area contributed by atoms with Crippen molar-refractivity contribution in [3.05, 3.63) is 41.0 Å². The first-order chi connectivity index (χ1) is 14.1. The van der Waals surface area contributed by atoms with Gasteiger partial charge in [0.1, 0.15) is 12.1 Å². The lowest BCUT2D eigenvalue weighted by molar-refractivity contribution is -0.149. The second-order valence-electron chi connectivity index (χ2n) is 6.99. The van der Waals surface area contributed by atoms with Gasteiger partial charge in [-0.05, 0) is 50.6 Å². The lowest BCUT2D eigenvalue weighted by atomic mass is 9.93. The summed E-state index contributed by atoms with van der Waals surface area (Å²) in [7, 11) is 1.64. The number of piperidine rings is 1. The van der Waals surface area contributed by atoms with Crippen LogP contribution in [0.25, 0.3) is 4.96 Å². The Hall–Kier alpha value is -2.65. The average molecular weight is 417 g/mol. The summed E-state index contributed by atoms with van der Waals surface area (Å²) in [4.78, 5) is 20.1. The molecule has 1 N–H and O–H groups in total. The number of benzene rings is 1. The number of esters is 1. The van der Waals surface area contributed by atoms with Crippen LogP contribution in [-0.2, 0) is 9.53 Å². The summed E-state index contributed by atoms with van der Waals surface area (Å²) in [6.07, 6.45) is 2.88. The molecule has 1 aliphatic rings. The number of aromatic hydroxyl groups is 1. The van der Waals surface area contributed by atoms with E-state index in [0.717, 1.165) is 42.1 Å². The SMILES string of the molecule is CCOC(=O)C1CCN([C@H](c2cccc(OC)c2)c2sc3ncnn3c2O)CC1. The lowest BCUT2D eigenvalue weighted by Crippen LogP contribution is -2.39. The third kappa shape index (κ3) is 3.79. The molecule has 1 saturated heterocycles. The number of ether oxygens (including phenoxy) is 2. The molecular formula is C20H24N4O4S. The molecule has 0 saturated carbocycles. The smallest absolute Gasteiger partial charge is 0.309 e. The van der Waals surface area contributed by atoms with Gasteiger partial charge in [-0.1, -0.05) is 23.5 Å². The van der Waals surface area contributed by atoms with E-state index >= 15 is 0 Å². The van der Waals surface area contributed by atoms with Crippen LogP contribution in [0.4, 0.5) is 0 Å². The van der Waals surface area contributed by atoms with E-state index in [1.54, 1.807) is 7.11 Å². The van der Waals surface area contributed by atoms with Crippen LogP contribution < -0.4 is 4.74 Å². The Bertz CT molecular complexity index is 993. The highest BCUT2D eigenvalue weighted by Crippen LogP contribution is 2.41. The van der Waals surface area contributed by atoms with Crippen LogP contribution in [0, 0.1) is 5.92 Å². The molecule has 0 amide bonds. The van der Waals surface area contributed by atoms with Crippen LogP contribution >= 0.6 is 11.3 Å². The standard InChI is InChI=1S/C20H24N4O4S/c1-3-28-19(26)13-7-9-23(10-8-13)16(14-5-4-6-15(11-14)27-2)17-18(25)24-20(29-17)21-12-22-24/h4-6,11-13,16,25H,3,7-10H2,1-2H3/t16-/m1/s1. The Morgan fingerprint density at radius 3 is 2.86 bits per heavy atom. The maximum absolute atomic E-state index is 12.1. The van der Waals surface area contributed by atoms with E-state index in [-0.39, 0.29) is 23.8 Å². The lowest BCUT2D eigenvalue weighted by Gasteiger charge is -2.36. The van der Waals surface area contributed by atoms with Gasteiger partial charge in [-0.2, -0.15) is 9.61 Å². The average Bonchev–Trinajstić information content (AvgIpc) is 3.32. The van der Waals surface area contributed by atoms with Crippen molar-refractivity contribution in [3.63, 3.8) is 0 Å². The molecule has 2 aromatic heterocycles. The maximum Gasteiger partial charge on any atom is 0.309 e. The number of rotatable bonds is 6. The van der Waals surface area contributed by atoms with Crippen molar-refractivity contribution in [2.24, 2.45) is 5.92 Å². The monoisotopic (exact) mass is 416 g/mol. The van der Waals surface area contributed by atoms with Crippen molar-refractivity contribution in [2.45, 2.75) is 25.8 Å². The summed E-state index contributed by atoms with van der Waals surface area (Å²) in [5.41, 5.74) is 1.01. The fourth-order valence-electron chi connectivity index (χ4n) is 3.87. The molecule has 4 rings (SSSR count). The number of aromatic nitrogens is 3. The van der Waals surface area contributed by atoms with E-state index in [1.165, 1.54) is 22.2 Å². The molecule has 9 heteroatoms. The predicted octanol–water partition coefficient (Wildman–Crippen LogP) is 2.87. The number of nitrogens with zero attached hydrogens (tertiary/aromatic N) is 4. The van der Waals surface area contributed by atoms with E-state index in [9.17, 15) is 9.90 Å². The van der Waals surface area contributed by atoms with Crippen LogP contribution in [-0.4, -0.2) is 57.4 Å². The maximum atomic E-state index is 12.1. The Kier molecular flexibility index (Phi) is 5.68. The molecule has 0 spiro atoms. The van der Waals surface area contributed by atoms with Gasteiger partial charge in [-0.15, -0.1) is 0 Å². The first-order valence-electron chi connectivity index (χ1n) is 9.68. The van der Waals surface area contributed by atoms with Crippen molar-refractivity contribution in [1.82, 2.24) is 19.5 Å². The van der Waals surface area contributed by atoms with Gasteiger partial charge in [-0.25, -0.2) is 4.98 Å². The van der Waals surface area contributed by atoms with Crippen molar-refractivity contribution in [1.29, 1.82) is 0 Å². The number of hydrogen-bond acceptors (Lipinski definition) is 8. The Morgan fingerprint density at radius 1 is 1.38 bits per heavy atom. The molecule has 0 unspecified atom stereocenters.